The summed E-state index contributed by atoms with van der Waals surface area (Å²) in [5.74, 6) is 0.411. The first-order valence-corrected chi connectivity index (χ1v) is 8.62. The van der Waals surface area contributed by atoms with Crippen molar-refractivity contribution < 1.29 is 10.2 Å². The molecule has 1 heterocycles. The second-order valence-corrected chi connectivity index (χ2v) is 7.51. The number of hydrogen-bond acceptors (Lipinski definition) is 4. The second kappa shape index (κ2) is 4.32. The molecule has 0 radical (unpaired) electrons. The molecule has 0 bridgehead atoms. The number of aliphatic hydroxyl groups is 2. The lowest BCUT2D eigenvalue weighted by Crippen LogP contribution is -2.45. The molecular weight excluding hydrogens is 288 g/mol. The molecule has 4 nitrogen and oxygen atoms in total. The van der Waals surface area contributed by atoms with Crippen molar-refractivity contribution in [1.29, 1.82) is 0 Å². The van der Waals surface area contributed by atoms with Gasteiger partial charge in [-0.1, -0.05) is 11.6 Å². The summed E-state index contributed by atoms with van der Waals surface area (Å²) in [7, 11) is 0. The quantitative estimate of drug-likeness (QED) is 0.555. The number of hydrogen-bond donors (Lipinski definition) is 4. The molecule has 0 saturated heterocycles. The van der Waals surface area contributed by atoms with Gasteiger partial charge in [0, 0.05) is 27.8 Å². The summed E-state index contributed by atoms with van der Waals surface area (Å²) in [6.07, 6.45) is 9.69. The highest BCUT2D eigenvalue weighted by atomic mass is 16.3. The third kappa shape index (κ3) is 1.59. The average molecular weight is 310 g/mol. The molecule has 2 atom stereocenters. The molecule has 4 N–H and O–H groups in total. The van der Waals surface area contributed by atoms with Crippen LogP contribution in [-0.4, -0.2) is 16.3 Å². The van der Waals surface area contributed by atoms with E-state index in [9.17, 15) is 10.2 Å². The zero-order valence-corrected chi connectivity index (χ0v) is 13.4. The molecule has 1 aliphatic heterocycles. The molecule has 120 valence electrons. The lowest BCUT2D eigenvalue weighted by atomic mass is 9.66. The number of rotatable bonds is 0. The van der Waals surface area contributed by atoms with E-state index in [-0.39, 0.29) is 11.5 Å². The molecule has 0 amide bonds. The summed E-state index contributed by atoms with van der Waals surface area (Å²) in [6.45, 7) is 2.22. The first-order valence-electron chi connectivity index (χ1n) is 8.62. The fourth-order valence-electron chi connectivity index (χ4n) is 5.05. The Morgan fingerprint density at radius 2 is 2.17 bits per heavy atom. The highest BCUT2D eigenvalue weighted by Crippen LogP contribution is 2.54. The number of aliphatic hydroxyl groups excluding tert-OH is 2. The first kappa shape index (κ1) is 13.5. The van der Waals surface area contributed by atoms with Gasteiger partial charge in [-0.05, 0) is 57.1 Å². The minimum Gasteiger partial charge on any atom is -0.508 e. The molecule has 0 aromatic rings. The number of allylic oxidation sites excluding steroid dienone is 7. The molecule has 0 fully saturated rings. The first-order chi connectivity index (χ1) is 11.1. The van der Waals surface area contributed by atoms with E-state index in [4.69, 9.17) is 0 Å². The fourth-order valence-corrected chi connectivity index (χ4v) is 5.05. The van der Waals surface area contributed by atoms with E-state index >= 15 is 0 Å². The molecule has 0 aromatic carbocycles. The molecule has 5 rings (SSSR count). The van der Waals surface area contributed by atoms with Crippen molar-refractivity contribution >= 4 is 0 Å². The Balaban J connectivity index is 1.67. The highest BCUT2D eigenvalue weighted by molar-refractivity contribution is 5.66. The molecule has 4 heteroatoms. The third-order valence-electron chi connectivity index (χ3n) is 6.23. The third-order valence-corrected chi connectivity index (χ3v) is 6.23. The van der Waals surface area contributed by atoms with Crippen molar-refractivity contribution in [3.8, 4) is 0 Å². The second-order valence-electron chi connectivity index (χ2n) is 7.51. The van der Waals surface area contributed by atoms with E-state index in [1.807, 2.05) is 6.08 Å². The summed E-state index contributed by atoms with van der Waals surface area (Å²) in [6, 6.07) is 0. The van der Waals surface area contributed by atoms with Gasteiger partial charge in [0.1, 0.15) is 5.76 Å². The Morgan fingerprint density at radius 1 is 1.30 bits per heavy atom. The number of fused-ring (bicyclic) bond motifs is 4. The Bertz CT molecular complexity index is 781. The van der Waals surface area contributed by atoms with Crippen LogP contribution in [0.2, 0.25) is 0 Å². The standard InChI is InChI=1S/C19H22N2O2/c1-19-7-3-2-4-13(19)15(23)9-12-11-8-10-5-6-14(22)16(10)17(11)20-21-18(12)19/h4,9,14,20-23H,2-3,5-8H2,1H3. The largest absolute Gasteiger partial charge is 0.508 e. The predicted octanol–water partition coefficient (Wildman–Crippen LogP) is 3.03. The van der Waals surface area contributed by atoms with Crippen molar-refractivity contribution in [3.05, 3.63) is 57.2 Å². The van der Waals surface area contributed by atoms with Crippen LogP contribution in [-0.2, 0) is 0 Å². The van der Waals surface area contributed by atoms with E-state index in [1.165, 1.54) is 16.8 Å². The Morgan fingerprint density at radius 3 is 3.04 bits per heavy atom. The summed E-state index contributed by atoms with van der Waals surface area (Å²) in [4.78, 5) is 0. The van der Waals surface area contributed by atoms with Crippen LogP contribution in [0.15, 0.2) is 57.2 Å². The molecule has 5 aliphatic rings. The summed E-state index contributed by atoms with van der Waals surface area (Å²) >= 11 is 0. The molecule has 0 spiro atoms. The van der Waals surface area contributed by atoms with Crippen LogP contribution in [0.4, 0.5) is 0 Å². The molecule has 2 unspecified atom stereocenters. The molecule has 0 aromatic heterocycles. The van der Waals surface area contributed by atoms with E-state index in [1.54, 1.807) is 0 Å². The summed E-state index contributed by atoms with van der Waals surface area (Å²) in [5.41, 5.74) is 14.7. The normalized spacial score (nSPS) is 35.0. The average Bonchev–Trinajstić information content (AvgIpc) is 3.08. The van der Waals surface area contributed by atoms with E-state index in [2.05, 4.69) is 23.9 Å². The number of hydrazine groups is 1. The van der Waals surface area contributed by atoms with E-state index in [0.29, 0.717) is 5.76 Å². The molecule has 4 aliphatic carbocycles. The van der Waals surface area contributed by atoms with Crippen LogP contribution in [0, 0.1) is 5.41 Å². The topological polar surface area (TPSA) is 64.5 Å². The Labute approximate surface area is 135 Å². The van der Waals surface area contributed by atoms with Gasteiger partial charge in [0.2, 0.25) is 0 Å². The zero-order valence-electron chi connectivity index (χ0n) is 13.4. The lowest BCUT2D eigenvalue weighted by molar-refractivity contribution is 0.212. The van der Waals surface area contributed by atoms with Crippen LogP contribution < -0.4 is 10.9 Å². The van der Waals surface area contributed by atoms with Crippen molar-refractivity contribution in [3.63, 3.8) is 0 Å². The van der Waals surface area contributed by atoms with Gasteiger partial charge < -0.3 is 21.1 Å². The van der Waals surface area contributed by atoms with Crippen molar-refractivity contribution in [1.82, 2.24) is 10.9 Å². The van der Waals surface area contributed by atoms with E-state index < -0.39 is 0 Å². The van der Waals surface area contributed by atoms with Gasteiger partial charge in [-0.2, -0.15) is 0 Å². The van der Waals surface area contributed by atoms with Gasteiger partial charge in [-0.25, -0.2) is 0 Å². The minimum atomic E-state index is -0.351. The van der Waals surface area contributed by atoms with Crippen LogP contribution >= 0.6 is 0 Å². The van der Waals surface area contributed by atoms with Crippen LogP contribution in [0.25, 0.3) is 0 Å². The molecule has 23 heavy (non-hydrogen) atoms. The van der Waals surface area contributed by atoms with Crippen molar-refractivity contribution in [2.45, 2.75) is 51.6 Å². The smallest absolute Gasteiger partial charge is 0.120 e. The van der Waals surface area contributed by atoms with Gasteiger partial charge >= 0.3 is 0 Å². The molecule has 0 saturated carbocycles. The summed E-state index contributed by atoms with van der Waals surface area (Å²) < 4.78 is 0. The van der Waals surface area contributed by atoms with Gasteiger partial charge in [-0.3, -0.25) is 0 Å². The van der Waals surface area contributed by atoms with Crippen LogP contribution in [0.3, 0.4) is 0 Å². The maximum atomic E-state index is 10.6. The monoisotopic (exact) mass is 310 g/mol. The Kier molecular flexibility index (Phi) is 2.54. The van der Waals surface area contributed by atoms with Gasteiger partial charge in [0.05, 0.1) is 11.8 Å². The lowest BCUT2D eigenvalue weighted by Gasteiger charge is -2.43. The molecular formula is C19H22N2O2. The van der Waals surface area contributed by atoms with Gasteiger partial charge in [-0.15, -0.1) is 0 Å². The fraction of sp³-hybridized carbons (Fsp3) is 0.474. The van der Waals surface area contributed by atoms with Gasteiger partial charge in [0.25, 0.3) is 0 Å². The predicted molar refractivity (Wildman–Crippen MR) is 88.0 cm³/mol. The van der Waals surface area contributed by atoms with Crippen LogP contribution in [0.5, 0.6) is 0 Å². The van der Waals surface area contributed by atoms with E-state index in [0.717, 1.165) is 60.9 Å². The SMILES string of the molecule is CC12CCCC=C1C(O)=CC1=C2NNC2=C1CC1=C2C(O)CC1. The number of nitrogens with one attached hydrogen (secondary N) is 2. The maximum absolute atomic E-state index is 10.6. The van der Waals surface area contributed by atoms with Crippen molar-refractivity contribution in [2.75, 3.05) is 0 Å². The zero-order chi connectivity index (χ0) is 15.8. The minimum absolute atomic E-state index is 0.149. The van der Waals surface area contributed by atoms with Gasteiger partial charge in [0.15, 0.2) is 0 Å². The summed E-state index contributed by atoms with van der Waals surface area (Å²) in [5, 5.41) is 20.9. The van der Waals surface area contributed by atoms with Crippen molar-refractivity contribution in [2.24, 2.45) is 5.41 Å². The Hall–Kier alpha value is -1.94. The highest BCUT2D eigenvalue weighted by Gasteiger charge is 2.45. The van der Waals surface area contributed by atoms with Crippen LogP contribution in [0.1, 0.15) is 45.4 Å². The maximum Gasteiger partial charge on any atom is 0.120 e.